The monoisotopic (exact) mass is 291 g/mol. The Kier molecular flexibility index (Phi) is 4.48. The maximum Gasteiger partial charge on any atom is 0.250 e. The molecule has 2 rings (SSSR count). The maximum atomic E-state index is 13.4. The van der Waals surface area contributed by atoms with Gasteiger partial charge in [-0.05, 0) is 12.1 Å². The van der Waals surface area contributed by atoms with Gasteiger partial charge < -0.3 is 5.32 Å². The van der Waals surface area contributed by atoms with E-state index in [1.807, 2.05) is 0 Å². The van der Waals surface area contributed by atoms with Crippen LogP contribution in [0.1, 0.15) is 10.4 Å². The summed E-state index contributed by atoms with van der Waals surface area (Å²) < 4.78 is 13.4. The van der Waals surface area contributed by atoms with Crippen LogP contribution in [-0.4, -0.2) is 17.1 Å². The molecule has 20 heavy (non-hydrogen) atoms. The number of hydrogen-bond donors (Lipinski definition) is 1. The van der Waals surface area contributed by atoms with Crippen molar-refractivity contribution in [3.8, 4) is 0 Å². The smallest absolute Gasteiger partial charge is 0.250 e. The zero-order chi connectivity index (χ0) is 14.5. The zero-order valence-electron chi connectivity index (χ0n) is 10.3. The zero-order valence-corrected chi connectivity index (χ0v) is 11.1. The third-order valence-electron chi connectivity index (χ3n) is 2.65. The van der Waals surface area contributed by atoms with Crippen molar-refractivity contribution in [3.05, 3.63) is 66.0 Å². The molecule has 0 spiro atoms. The minimum absolute atomic E-state index is 0.0102. The number of rotatable bonds is 4. The number of Topliss-reactive ketones (excluding diaryl/α,β-unsaturated/α-hetero) is 1. The van der Waals surface area contributed by atoms with Crippen molar-refractivity contribution in [1.29, 1.82) is 0 Å². The highest BCUT2D eigenvalue weighted by Crippen LogP contribution is 2.15. The Hall–Kier alpha value is -2.20. The topological polar surface area (TPSA) is 46.2 Å². The molecule has 2 aromatic carbocycles. The van der Waals surface area contributed by atoms with Gasteiger partial charge in [-0.25, -0.2) is 4.39 Å². The number of ketones is 1. The molecule has 0 heterocycles. The molecule has 5 heteroatoms. The summed E-state index contributed by atoms with van der Waals surface area (Å²) in [4.78, 5) is 23.8. The first-order chi connectivity index (χ1) is 9.59. The van der Waals surface area contributed by atoms with Crippen molar-refractivity contribution in [2.24, 2.45) is 0 Å². The van der Waals surface area contributed by atoms with Crippen LogP contribution < -0.4 is 5.32 Å². The molecular formula is C15H11ClFNO2. The Bertz CT molecular complexity index is 631. The van der Waals surface area contributed by atoms with Gasteiger partial charge in [-0.15, -0.1) is 11.6 Å². The summed E-state index contributed by atoms with van der Waals surface area (Å²) in [5, 5.41) is 0.888. The summed E-state index contributed by atoms with van der Waals surface area (Å²) in [7, 11) is 0. The van der Waals surface area contributed by atoms with E-state index in [-0.39, 0.29) is 5.69 Å². The molecule has 1 unspecified atom stereocenters. The Morgan fingerprint density at radius 2 is 1.60 bits per heavy atom. The van der Waals surface area contributed by atoms with Crippen LogP contribution in [0, 0.1) is 5.82 Å². The van der Waals surface area contributed by atoms with E-state index in [4.69, 9.17) is 11.6 Å². The number of carbonyl (C=O) groups is 2. The normalized spacial score (nSPS) is 11.7. The number of amides is 1. The minimum atomic E-state index is -1.41. The molecule has 1 N–H and O–H groups in total. The van der Waals surface area contributed by atoms with Crippen LogP contribution in [0.25, 0.3) is 0 Å². The predicted molar refractivity (Wildman–Crippen MR) is 75.4 cm³/mol. The second kappa shape index (κ2) is 6.30. The van der Waals surface area contributed by atoms with Crippen molar-refractivity contribution in [3.63, 3.8) is 0 Å². The highest BCUT2D eigenvalue weighted by Gasteiger charge is 2.25. The molecule has 0 radical (unpaired) electrons. The molecule has 0 saturated carbocycles. The molecular weight excluding hydrogens is 281 g/mol. The summed E-state index contributed by atoms with van der Waals surface area (Å²) in [5.41, 5.74) is 0.320. The van der Waals surface area contributed by atoms with Gasteiger partial charge in [0, 0.05) is 5.56 Å². The van der Waals surface area contributed by atoms with Crippen LogP contribution in [0.2, 0.25) is 0 Å². The average molecular weight is 292 g/mol. The molecule has 0 saturated heterocycles. The molecule has 102 valence electrons. The molecule has 2 aromatic rings. The lowest BCUT2D eigenvalue weighted by atomic mass is 10.1. The molecule has 0 aliphatic heterocycles. The van der Waals surface area contributed by atoms with Crippen LogP contribution >= 0.6 is 11.6 Å². The van der Waals surface area contributed by atoms with Crippen LogP contribution in [0.4, 0.5) is 10.1 Å². The summed E-state index contributed by atoms with van der Waals surface area (Å²) in [6.45, 7) is 0. The fourth-order valence-electron chi connectivity index (χ4n) is 1.63. The van der Waals surface area contributed by atoms with Crippen LogP contribution in [0.5, 0.6) is 0 Å². The molecule has 0 fully saturated rings. The van der Waals surface area contributed by atoms with Crippen LogP contribution in [-0.2, 0) is 4.79 Å². The summed E-state index contributed by atoms with van der Waals surface area (Å²) >= 11 is 5.83. The molecule has 0 aliphatic rings. The van der Waals surface area contributed by atoms with Gasteiger partial charge in [-0.2, -0.15) is 0 Å². The average Bonchev–Trinajstić information content (AvgIpc) is 2.49. The Balaban J connectivity index is 2.10. The van der Waals surface area contributed by atoms with E-state index in [0.29, 0.717) is 5.56 Å². The fraction of sp³-hybridized carbons (Fsp3) is 0.0667. The first-order valence-electron chi connectivity index (χ1n) is 5.88. The third kappa shape index (κ3) is 3.22. The summed E-state index contributed by atoms with van der Waals surface area (Å²) in [6.07, 6.45) is 0. The molecule has 1 amide bonds. The number of nitrogens with one attached hydrogen (secondary N) is 1. The second-order valence-corrected chi connectivity index (χ2v) is 4.50. The van der Waals surface area contributed by atoms with Gasteiger partial charge in [0.25, 0.3) is 5.91 Å². The SMILES string of the molecule is O=C(Nc1ccccc1F)C(Cl)C(=O)c1ccccc1. The number of anilines is 1. The first kappa shape index (κ1) is 14.2. The van der Waals surface area contributed by atoms with E-state index in [2.05, 4.69) is 5.32 Å². The fourth-order valence-corrected chi connectivity index (χ4v) is 1.81. The van der Waals surface area contributed by atoms with Crippen molar-refractivity contribution in [2.75, 3.05) is 5.32 Å². The summed E-state index contributed by atoms with van der Waals surface area (Å²) in [5.74, 6) is -1.87. The van der Waals surface area contributed by atoms with Gasteiger partial charge in [-0.3, -0.25) is 9.59 Å². The Morgan fingerprint density at radius 1 is 1.00 bits per heavy atom. The quantitative estimate of drug-likeness (QED) is 0.534. The lowest BCUT2D eigenvalue weighted by Gasteiger charge is -2.10. The highest BCUT2D eigenvalue weighted by atomic mass is 35.5. The standard InChI is InChI=1S/C15H11ClFNO2/c16-13(14(19)10-6-2-1-3-7-10)15(20)18-12-9-5-4-8-11(12)17/h1-9,13H,(H,18,20). The largest absolute Gasteiger partial charge is 0.322 e. The maximum absolute atomic E-state index is 13.4. The second-order valence-electron chi connectivity index (χ2n) is 4.06. The van der Waals surface area contributed by atoms with E-state index < -0.39 is 22.9 Å². The molecule has 0 aromatic heterocycles. The number of carbonyl (C=O) groups excluding carboxylic acids is 2. The van der Waals surface area contributed by atoms with Crippen LogP contribution in [0.3, 0.4) is 0 Å². The highest BCUT2D eigenvalue weighted by molar-refractivity contribution is 6.45. The molecule has 1 atom stereocenters. The van der Waals surface area contributed by atoms with E-state index in [1.165, 1.54) is 18.2 Å². The Labute approximate surface area is 120 Å². The predicted octanol–water partition coefficient (Wildman–Crippen LogP) is 3.25. The Morgan fingerprint density at radius 3 is 2.25 bits per heavy atom. The number of alkyl halides is 1. The van der Waals surface area contributed by atoms with Crippen molar-refractivity contribution < 1.29 is 14.0 Å². The number of benzene rings is 2. The molecule has 0 bridgehead atoms. The lowest BCUT2D eigenvalue weighted by Crippen LogP contribution is -2.30. The molecule has 3 nitrogen and oxygen atoms in total. The van der Waals surface area contributed by atoms with Gasteiger partial charge in [0.1, 0.15) is 5.82 Å². The van der Waals surface area contributed by atoms with Crippen molar-refractivity contribution in [2.45, 2.75) is 5.38 Å². The number of para-hydroxylation sites is 1. The lowest BCUT2D eigenvalue weighted by molar-refractivity contribution is -0.115. The van der Waals surface area contributed by atoms with E-state index in [1.54, 1.807) is 36.4 Å². The van der Waals surface area contributed by atoms with Crippen LogP contribution in [0.15, 0.2) is 54.6 Å². The third-order valence-corrected chi connectivity index (χ3v) is 3.05. The van der Waals surface area contributed by atoms with Gasteiger partial charge >= 0.3 is 0 Å². The van der Waals surface area contributed by atoms with Gasteiger partial charge in [0.2, 0.25) is 0 Å². The summed E-state index contributed by atoms with van der Waals surface area (Å²) in [6, 6.07) is 13.9. The van der Waals surface area contributed by atoms with Gasteiger partial charge in [-0.1, -0.05) is 42.5 Å². The minimum Gasteiger partial charge on any atom is -0.322 e. The van der Waals surface area contributed by atoms with Crippen molar-refractivity contribution >= 4 is 29.0 Å². The molecule has 0 aliphatic carbocycles. The first-order valence-corrected chi connectivity index (χ1v) is 6.32. The van der Waals surface area contributed by atoms with E-state index in [0.717, 1.165) is 0 Å². The van der Waals surface area contributed by atoms with E-state index in [9.17, 15) is 14.0 Å². The van der Waals surface area contributed by atoms with Crippen molar-refractivity contribution in [1.82, 2.24) is 0 Å². The van der Waals surface area contributed by atoms with Gasteiger partial charge in [0.15, 0.2) is 11.2 Å². The number of halogens is 2. The number of hydrogen-bond acceptors (Lipinski definition) is 2. The van der Waals surface area contributed by atoms with Gasteiger partial charge in [0.05, 0.1) is 5.69 Å². The van der Waals surface area contributed by atoms with E-state index >= 15 is 0 Å².